The Bertz CT molecular complexity index is 405. The Hall–Kier alpha value is -1.01. The molecular weight excluding hydrogens is 248 g/mol. The number of rotatable bonds is 1. The van der Waals surface area contributed by atoms with Crippen molar-refractivity contribution >= 4 is 17.4 Å². The Morgan fingerprint density at radius 3 is 2.94 bits per heavy atom. The molecule has 1 spiro atoms. The molecule has 5 nitrogen and oxygen atoms in total. The Labute approximate surface area is 111 Å². The van der Waals surface area contributed by atoms with Crippen molar-refractivity contribution in [1.82, 2.24) is 19.8 Å². The van der Waals surface area contributed by atoms with E-state index in [1.54, 1.807) is 6.20 Å². The quantitative estimate of drug-likeness (QED) is 0.832. The average Bonchev–Trinajstić information content (AvgIpc) is 2.93. The molecule has 0 bridgehead atoms. The monoisotopic (exact) mass is 266 g/mol. The first-order valence-corrected chi connectivity index (χ1v) is 7.39. The SMILES string of the molecule is O=C(c1cnns1)N1CCNCC12CCCCC2. The molecule has 0 atom stereocenters. The number of carbonyl (C=O) groups excluding carboxylic acids is 1. The van der Waals surface area contributed by atoms with Gasteiger partial charge in [0.15, 0.2) is 0 Å². The summed E-state index contributed by atoms with van der Waals surface area (Å²) in [4.78, 5) is 15.3. The Morgan fingerprint density at radius 1 is 1.39 bits per heavy atom. The zero-order valence-electron chi connectivity index (χ0n) is 10.4. The van der Waals surface area contributed by atoms with E-state index in [9.17, 15) is 4.79 Å². The molecule has 0 radical (unpaired) electrons. The van der Waals surface area contributed by atoms with Crippen LogP contribution in [-0.4, -0.2) is 45.6 Å². The van der Waals surface area contributed by atoms with Crippen molar-refractivity contribution in [3.05, 3.63) is 11.1 Å². The van der Waals surface area contributed by atoms with Crippen molar-refractivity contribution in [2.45, 2.75) is 37.6 Å². The highest BCUT2D eigenvalue weighted by atomic mass is 32.1. The molecule has 0 aromatic carbocycles. The molecule has 1 saturated heterocycles. The van der Waals surface area contributed by atoms with Crippen LogP contribution in [0.25, 0.3) is 0 Å². The summed E-state index contributed by atoms with van der Waals surface area (Å²) in [6.07, 6.45) is 7.59. The van der Waals surface area contributed by atoms with Crippen LogP contribution in [0.1, 0.15) is 41.8 Å². The molecule has 1 aromatic heterocycles. The number of hydrogen-bond acceptors (Lipinski definition) is 5. The van der Waals surface area contributed by atoms with Crippen LogP contribution in [0.5, 0.6) is 0 Å². The van der Waals surface area contributed by atoms with Crippen molar-refractivity contribution in [1.29, 1.82) is 0 Å². The van der Waals surface area contributed by atoms with Crippen LogP contribution in [0, 0.1) is 0 Å². The van der Waals surface area contributed by atoms with Gasteiger partial charge < -0.3 is 10.2 Å². The van der Waals surface area contributed by atoms with Gasteiger partial charge in [0.25, 0.3) is 5.91 Å². The lowest BCUT2D eigenvalue weighted by Gasteiger charge is -2.49. The van der Waals surface area contributed by atoms with Gasteiger partial charge in [-0.2, -0.15) is 0 Å². The van der Waals surface area contributed by atoms with Crippen LogP contribution in [0.4, 0.5) is 0 Å². The fourth-order valence-electron chi connectivity index (χ4n) is 3.21. The minimum absolute atomic E-state index is 0.0393. The van der Waals surface area contributed by atoms with Gasteiger partial charge in [-0.25, -0.2) is 0 Å². The molecule has 2 fully saturated rings. The minimum Gasteiger partial charge on any atom is -0.330 e. The third-order valence-electron chi connectivity index (χ3n) is 4.14. The smallest absolute Gasteiger partial charge is 0.267 e. The highest BCUT2D eigenvalue weighted by Crippen LogP contribution is 2.35. The third-order valence-corrected chi connectivity index (χ3v) is 4.79. The zero-order valence-corrected chi connectivity index (χ0v) is 11.2. The highest BCUT2D eigenvalue weighted by molar-refractivity contribution is 7.07. The molecule has 3 rings (SSSR count). The predicted octanol–water partition coefficient (Wildman–Crippen LogP) is 1.29. The molecule has 1 amide bonds. The van der Waals surface area contributed by atoms with Crippen LogP contribution < -0.4 is 5.32 Å². The number of piperazine rings is 1. The molecule has 0 unspecified atom stereocenters. The lowest BCUT2D eigenvalue weighted by molar-refractivity contribution is 0.0227. The van der Waals surface area contributed by atoms with Gasteiger partial charge in [0, 0.05) is 19.6 Å². The minimum atomic E-state index is 0.0393. The van der Waals surface area contributed by atoms with Crippen LogP contribution in [0.15, 0.2) is 6.20 Å². The van der Waals surface area contributed by atoms with Gasteiger partial charge in [-0.15, -0.1) is 5.10 Å². The van der Waals surface area contributed by atoms with Gasteiger partial charge in [-0.05, 0) is 24.4 Å². The lowest BCUT2D eigenvalue weighted by atomic mass is 9.79. The molecular formula is C12H18N4OS. The average molecular weight is 266 g/mol. The summed E-state index contributed by atoms with van der Waals surface area (Å²) in [7, 11) is 0. The summed E-state index contributed by atoms with van der Waals surface area (Å²) in [6.45, 7) is 2.63. The van der Waals surface area contributed by atoms with Gasteiger partial charge >= 0.3 is 0 Å². The van der Waals surface area contributed by atoms with Crippen LogP contribution in [0.3, 0.4) is 0 Å². The molecule has 2 heterocycles. The molecule has 1 aliphatic carbocycles. The van der Waals surface area contributed by atoms with Crippen molar-refractivity contribution in [2.75, 3.05) is 19.6 Å². The molecule has 1 aromatic rings. The highest BCUT2D eigenvalue weighted by Gasteiger charge is 2.42. The van der Waals surface area contributed by atoms with E-state index in [1.165, 1.54) is 30.8 Å². The van der Waals surface area contributed by atoms with Gasteiger partial charge in [-0.3, -0.25) is 4.79 Å². The topological polar surface area (TPSA) is 58.1 Å². The molecule has 2 aliphatic rings. The second kappa shape index (κ2) is 4.93. The van der Waals surface area contributed by atoms with E-state index in [4.69, 9.17) is 0 Å². The van der Waals surface area contributed by atoms with E-state index in [0.717, 1.165) is 32.5 Å². The van der Waals surface area contributed by atoms with Gasteiger partial charge in [-0.1, -0.05) is 23.8 Å². The zero-order chi connectivity index (χ0) is 12.4. The van der Waals surface area contributed by atoms with E-state index in [1.807, 2.05) is 0 Å². The predicted molar refractivity (Wildman–Crippen MR) is 69.6 cm³/mol. The molecule has 1 saturated carbocycles. The van der Waals surface area contributed by atoms with E-state index in [-0.39, 0.29) is 11.4 Å². The second-order valence-corrected chi connectivity index (χ2v) is 5.99. The van der Waals surface area contributed by atoms with Crippen molar-refractivity contribution in [3.63, 3.8) is 0 Å². The molecule has 1 N–H and O–H groups in total. The summed E-state index contributed by atoms with van der Waals surface area (Å²) < 4.78 is 3.80. The number of hydrogen-bond donors (Lipinski definition) is 1. The van der Waals surface area contributed by atoms with E-state index in [0.29, 0.717) is 4.88 Å². The van der Waals surface area contributed by atoms with Crippen molar-refractivity contribution in [2.24, 2.45) is 0 Å². The van der Waals surface area contributed by atoms with Crippen LogP contribution >= 0.6 is 11.5 Å². The van der Waals surface area contributed by atoms with E-state index in [2.05, 4.69) is 19.8 Å². The number of amides is 1. The number of carbonyl (C=O) groups is 1. The third kappa shape index (κ3) is 2.03. The van der Waals surface area contributed by atoms with E-state index < -0.39 is 0 Å². The first-order valence-electron chi connectivity index (χ1n) is 6.62. The van der Waals surface area contributed by atoms with Gasteiger partial charge in [0.1, 0.15) is 4.88 Å². The Kier molecular flexibility index (Phi) is 3.30. The largest absolute Gasteiger partial charge is 0.330 e. The number of nitrogens with one attached hydrogen (secondary N) is 1. The number of nitrogens with zero attached hydrogens (tertiary/aromatic N) is 3. The van der Waals surface area contributed by atoms with Crippen molar-refractivity contribution < 1.29 is 4.79 Å². The summed E-state index contributed by atoms with van der Waals surface area (Å²) in [5.74, 6) is 0.119. The molecule has 6 heteroatoms. The summed E-state index contributed by atoms with van der Waals surface area (Å²) >= 11 is 1.20. The maximum Gasteiger partial charge on any atom is 0.267 e. The Morgan fingerprint density at radius 2 is 2.22 bits per heavy atom. The fourth-order valence-corrected chi connectivity index (χ4v) is 3.68. The molecule has 18 heavy (non-hydrogen) atoms. The standard InChI is InChI=1S/C12H18N4OS/c17-11(10-8-14-15-18-10)16-7-6-13-9-12(16)4-2-1-3-5-12/h8,13H,1-7,9H2. The molecule has 1 aliphatic heterocycles. The van der Waals surface area contributed by atoms with Crippen LogP contribution in [0.2, 0.25) is 0 Å². The first-order chi connectivity index (χ1) is 8.82. The van der Waals surface area contributed by atoms with Crippen molar-refractivity contribution in [3.8, 4) is 0 Å². The maximum atomic E-state index is 12.6. The normalized spacial score (nSPS) is 23.2. The van der Waals surface area contributed by atoms with E-state index >= 15 is 0 Å². The maximum absolute atomic E-state index is 12.6. The fraction of sp³-hybridized carbons (Fsp3) is 0.750. The summed E-state index contributed by atoms with van der Waals surface area (Å²) in [5, 5.41) is 7.23. The van der Waals surface area contributed by atoms with Gasteiger partial charge in [0.05, 0.1) is 11.7 Å². The molecule has 98 valence electrons. The first kappa shape index (κ1) is 12.0. The number of aromatic nitrogens is 2. The summed E-state index contributed by atoms with van der Waals surface area (Å²) in [6, 6.07) is 0. The second-order valence-electron chi connectivity index (χ2n) is 5.20. The lowest BCUT2D eigenvalue weighted by Crippen LogP contribution is -2.63. The summed E-state index contributed by atoms with van der Waals surface area (Å²) in [5.41, 5.74) is 0.0393. The Balaban J connectivity index is 1.85. The van der Waals surface area contributed by atoms with Crippen LogP contribution in [-0.2, 0) is 0 Å². The van der Waals surface area contributed by atoms with Gasteiger partial charge in [0.2, 0.25) is 0 Å².